The van der Waals surface area contributed by atoms with Gasteiger partial charge in [0.15, 0.2) is 5.82 Å². The number of nitrogens with two attached hydrogens (primary N) is 1. The van der Waals surface area contributed by atoms with Crippen LogP contribution in [-0.4, -0.2) is 39.2 Å². The van der Waals surface area contributed by atoms with E-state index in [-0.39, 0.29) is 0 Å². The average molecular weight is 377 g/mol. The Balaban J connectivity index is 1.95. The second-order valence-corrected chi connectivity index (χ2v) is 13.0. The summed E-state index contributed by atoms with van der Waals surface area (Å²) in [4.78, 5) is 17.0. The maximum atomic E-state index is 6.22. The lowest BCUT2D eigenvalue weighted by Gasteiger charge is -2.16. The molecule has 0 aliphatic rings. The molecule has 0 amide bonds. The maximum absolute atomic E-state index is 6.22. The SMILES string of the molecule is C[Si](C)(C)CCOCn1c(-c2ncc(N)cn2)cc2c(Cl)ncnc21. The minimum atomic E-state index is -1.15. The zero-order chi connectivity index (χ0) is 18.0. The molecule has 0 atom stereocenters. The molecule has 0 radical (unpaired) electrons. The van der Waals surface area contributed by atoms with Crippen LogP contribution in [0.4, 0.5) is 5.69 Å². The minimum Gasteiger partial charge on any atom is -0.396 e. The molecule has 0 aliphatic heterocycles. The van der Waals surface area contributed by atoms with E-state index in [1.54, 1.807) is 12.4 Å². The molecule has 0 aromatic carbocycles. The third-order valence-corrected chi connectivity index (χ3v) is 5.76. The molecule has 132 valence electrons. The van der Waals surface area contributed by atoms with E-state index in [1.807, 2.05) is 10.6 Å². The predicted molar refractivity (Wildman–Crippen MR) is 102 cm³/mol. The zero-order valence-electron chi connectivity index (χ0n) is 14.5. The summed E-state index contributed by atoms with van der Waals surface area (Å²) in [5.74, 6) is 0.539. The van der Waals surface area contributed by atoms with Crippen LogP contribution in [0.3, 0.4) is 0 Å². The lowest BCUT2D eigenvalue weighted by Crippen LogP contribution is -2.22. The van der Waals surface area contributed by atoms with Crippen molar-refractivity contribution < 1.29 is 4.74 Å². The number of aromatic nitrogens is 5. The second kappa shape index (κ2) is 7.07. The van der Waals surface area contributed by atoms with Gasteiger partial charge < -0.3 is 10.5 Å². The number of hydrogen-bond acceptors (Lipinski definition) is 6. The molecule has 0 bridgehead atoms. The molecule has 0 saturated heterocycles. The van der Waals surface area contributed by atoms with Gasteiger partial charge in [-0.25, -0.2) is 19.9 Å². The lowest BCUT2D eigenvalue weighted by molar-refractivity contribution is 0.0908. The molecule has 0 spiro atoms. The van der Waals surface area contributed by atoms with E-state index < -0.39 is 8.07 Å². The number of anilines is 1. The van der Waals surface area contributed by atoms with E-state index in [2.05, 4.69) is 39.6 Å². The monoisotopic (exact) mass is 376 g/mol. The molecule has 0 unspecified atom stereocenters. The summed E-state index contributed by atoms with van der Waals surface area (Å²) in [6.07, 6.45) is 4.59. The molecule has 9 heteroatoms. The van der Waals surface area contributed by atoms with Crippen LogP contribution >= 0.6 is 11.6 Å². The normalized spacial score (nSPS) is 12.0. The smallest absolute Gasteiger partial charge is 0.176 e. The van der Waals surface area contributed by atoms with Gasteiger partial charge in [0.05, 0.1) is 29.2 Å². The van der Waals surface area contributed by atoms with E-state index in [1.165, 1.54) is 6.33 Å². The molecule has 3 aromatic heterocycles. The van der Waals surface area contributed by atoms with E-state index in [0.29, 0.717) is 35.6 Å². The number of rotatable bonds is 6. The Morgan fingerprint density at radius 1 is 1.16 bits per heavy atom. The van der Waals surface area contributed by atoms with Crippen molar-refractivity contribution >= 4 is 36.4 Å². The topological polar surface area (TPSA) is 91.7 Å². The Morgan fingerprint density at radius 3 is 2.56 bits per heavy atom. The summed E-state index contributed by atoms with van der Waals surface area (Å²) >= 11 is 6.22. The average Bonchev–Trinajstić information content (AvgIpc) is 2.92. The molecular formula is C16H21ClN6OSi. The molecule has 0 fully saturated rings. The van der Waals surface area contributed by atoms with Gasteiger partial charge in [-0.05, 0) is 12.1 Å². The fourth-order valence-electron chi connectivity index (χ4n) is 2.35. The minimum absolute atomic E-state index is 0.352. The standard InChI is InChI=1S/C16H21ClN6OSi/c1-25(2,3)5-4-24-10-23-13(15-19-7-11(18)8-20-15)6-12-14(17)21-9-22-16(12)23/h6-9H,4-5,10,18H2,1-3H3. The molecule has 0 aliphatic carbocycles. The van der Waals surface area contributed by atoms with Crippen LogP contribution in [-0.2, 0) is 11.5 Å². The number of halogens is 1. The summed E-state index contributed by atoms with van der Waals surface area (Å²) < 4.78 is 7.82. The van der Waals surface area contributed by atoms with E-state index in [0.717, 1.165) is 17.1 Å². The van der Waals surface area contributed by atoms with Gasteiger partial charge in [0.2, 0.25) is 0 Å². The van der Waals surface area contributed by atoms with E-state index in [4.69, 9.17) is 22.1 Å². The summed E-state index contributed by atoms with van der Waals surface area (Å²) in [7, 11) is -1.15. The first-order chi connectivity index (χ1) is 11.8. The van der Waals surface area contributed by atoms with Crippen molar-refractivity contribution in [3.8, 4) is 11.5 Å². The zero-order valence-corrected chi connectivity index (χ0v) is 16.3. The Bertz CT molecular complexity index is 875. The van der Waals surface area contributed by atoms with Gasteiger partial charge in [0, 0.05) is 14.7 Å². The van der Waals surface area contributed by atoms with Crippen molar-refractivity contribution in [2.75, 3.05) is 12.3 Å². The largest absolute Gasteiger partial charge is 0.396 e. The van der Waals surface area contributed by atoms with Gasteiger partial charge in [-0.2, -0.15) is 0 Å². The van der Waals surface area contributed by atoms with Gasteiger partial charge in [-0.15, -0.1) is 0 Å². The number of nitrogen functional groups attached to an aromatic ring is 1. The first-order valence-corrected chi connectivity index (χ1v) is 12.1. The first-order valence-electron chi connectivity index (χ1n) is 8.00. The fraction of sp³-hybridized carbons (Fsp3) is 0.375. The Kier molecular flexibility index (Phi) is 5.03. The molecule has 25 heavy (non-hydrogen) atoms. The van der Waals surface area contributed by atoms with Crippen molar-refractivity contribution in [1.82, 2.24) is 24.5 Å². The second-order valence-electron chi connectivity index (χ2n) is 7.05. The molecule has 3 heterocycles. The number of nitrogens with zero attached hydrogens (tertiary/aromatic N) is 5. The van der Waals surface area contributed by atoms with Crippen LogP contribution in [0.5, 0.6) is 0 Å². The number of hydrogen-bond donors (Lipinski definition) is 1. The number of fused-ring (bicyclic) bond motifs is 1. The molecule has 3 aromatic rings. The van der Waals surface area contributed by atoms with Crippen molar-refractivity contribution in [2.45, 2.75) is 32.4 Å². The van der Waals surface area contributed by atoms with Gasteiger partial charge in [0.1, 0.15) is 23.9 Å². The Morgan fingerprint density at radius 2 is 1.88 bits per heavy atom. The van der Waals surface area contributed by atoms with E-state index >= 15 is 0 Å². The van der Waals surface area contributed by atoms with E-state index in [9.17, 15) is 0 Å². The lowest BCUT2D eigenvalue weighted by atomic mass is 10.3. The van der Waals surface area contributed by atoms with Crippen LogP contribution in [0, 0.1) is 0 Å². The fourth-order valence-corrected chi connectivity index (χ4v) is 3.29. The summed E-state index contributed by atoms with van der Waals surface area (Å²) in [6, 6.07) is 2.97. The molecule has 0 saturated carbocycles. The highest BCUT2D eigenvalue weighted by Gasteiger charge is 2.17. The van der Waals surface area contributed by atoms with Crippen LogP contribution in [0.15, 0.2) is 24.8 Å². The first kappa shape index (κ1) is 17.8. The molecule has 2 N–H and O–H groups in total. The van der Waals surface area contributed by atoms with Crippen LogP contribution in [0.1, 0.15) is 0 Å². The highest BCUT2D eigenvalue weighted by molar-refractivity contribution is 6.76. The van der Waals surface area contributed by atoms with Gasteiger partial charge in [-0.1, -0.05) is 31.2 Å². The summed E-state index contributed by atoms with van der Waals surface area (Å²) in [5, 5.41) is 1.14. The Labute approximate surface area is 152 Å². The predicted octanol–water partition coefficient (Wildman–Crippen LogP) is 3.44. The summed E-state index contributed by atoms with van der Waals surface area (Å²) in [6.45, 7) is 8.02. The summed E-state index contributed by atoms with van der Waals surface area (Å²) in [5.41, 5.74) is 7.66. The maximum Gasteiger partial charge on any atom is 0.176 e. The van der Waals surface area contributed by atoms with Gasteiger partial charge in [-0.3, -0.25) is 4.57 Å². The van der Waals surface area contributed by atoms with Crippen LogP contribution in [0.25, 0.3) is 22.6 Å². The van der Waals surface area contributed by atoms with Gasteiger partial charge >= 0.3 is 0 Å². The van der Waals surface area contributed by atoms with Crippen molar-refractivity contribution in [2.24, 2.45) is 0 Å². The van der Waals surface area contributed by atoms with Crippen LogP contribution < -0.4 is 5.73 Å². The molecule has 3 rings (SSSR count). The van der Waals surface area contributed by atoms with Crippen LogP contribution in [0.2, 0.25) is 30.8 Å². The van der Waals surface area contributed by atoms with Crippen molar-refractivity contribution in [3.05, 3.63) is 29.9 Å². The quantitative estimate of drug-likeness (QED) is 0.402. The third-order valence-electron chi connectivity index (χ3n) is 3.76. The Hall–Kier alpha value is -2.03. The van der Waals surface area contributed by atoms with Crippen molar-refractivity contribution in [3.63, 3.8) is 0 Å². The number of ether oxygens (including phenoxy) is 1. The third kappa shape index (κ3) is 4.14. The van der Waals surface area contributed by atoms with Gasteiger partial charge in [0.25, 0.3) is 0 Å². The highest BCUT2D eigenvalue weighted by Crippen LogP contribution is 2.28. The van der Waals surface area contributed by atoms with Crippen molar-refractivity contribution in [1.29, 1.82) is 0 Å². The highest BCUT2D eigenvalue weighted by atomic mass is 35.5. The molecule has 7 nitrogen and oxygen atoms in total. The molecular weight excluding hydrogens is 356 g/mol.